The molecule has 0 aromatic heterocycles. The molecule has 0 radical (unpaired) electrons. The Kier molecular flexibility index (Phi) is 6.92. The number of carbonyl (C=O) groups is 1. The quantitative estimate of drug-likeness (QED) is 0.436. The minimum Gasteiger partial charge on any atom is -0.506 e. The van der Waals surface area contributed by atoms with E-state index in [0.717, 1.165) is 5.56 Å². The van der Waals surface area contributed by atoms with E-state index in [1.54, 1.807) is 43.3 Å². The predicted octanol–water partition coefficient (Wildman–Crippen LogP) is 4.72. The number of aliphatic imine (C=N–C) groups is 1. The van der Waals surface area contributed by atoms with Gasteiger partial charge in [0.2, 0.25) is 0 Å². The van der Waals surface area contributed by atoms with Gasteiger partial charge in [0, 0.05) is 18.3 Å². The maximum Gasteiger partial charge on any atom is 0.256 e. The van der Waals surface area contributed by atoms with E-state index in [0.29, 0.717) is 17.1 Å². The third-order valence-corrected chi connectivity index (χ3v) is 4.08. The number of benzene rings is 2. The zero-order chi connectivity index (χ0) is 19.1. The third kappa shape index (κ3) is 4.92. The van der Waals surface area contributed by atoms with Crippen LogP contribution in [0.5, 0.6) is 0 Å². The lowest BCUT2D eigenvalue weighted by atomic mass is 10.1. The highest BCUT2D eigenvalue weighted by Crippen LogP contribution is 2.24. The lowest BCUT2D eigenvalue weighted by Crippen LogP contribution is -2.26. The van der Waals surface area contributed by atoms with Crippen LogP contribution < -0.4 is 5.32 Å². The van der Waals surface area contributed by atoms with Crippen molar-refractivity contribution < 1.29 is 14.3 Å². The summed E-state index contributed by atoms with van der Waals surface area (Å²) in [6.07, 6.45) is 1.32. The minimum atomic E-state index is -0.458. The molecule has 2 rings (SSSR count). The van der Waals surface area contributed by atoms with Crippen molar-refractivity contribution in [2.75, 3.05) is 6.54 Å². The Bertz CT molecular complexity index is 832. The highest BCUT2D eigenvalue weighted by atomic mass is 35.5. The number of nitrogens with zero attached hydrogens (tertiary/aromatic N) is 1. The smallest absolute Gasteiger partial charge is 0.256 e. The van der Waals surface area contributed by atoms with Crippen LogP contribution in [0.2, 0.25) is 5.02 Å². The molecule has 0 heterocycles. The number of likely N-dealkylation sites (N-methyl/N-ethyl adjacent to an activating group) is 1. The molecule has 136 valence electrons. The molecular formula is C20H20ClFN2O2. The molecule has 4 nitrogen and oxygen atoms in total. The third-order valence-electron chi connectivity index (χ3n) is 3.75. The van der Waals surface area contributed by atoms with Crippen molar-refractivity contribution >= 4 is 29.5 Å². The van der Waals surface area contributed by atoms with Gasteiger partial charge in [-0.1, -0.05) is 35.9 Å². The Hall–Kier alpha value is -2.66. The lowest BCUT2D eigenvalue weighted by Gasteiger charge is -2.10. The molecule has 0 saturated heterocycles. The molecule has 2 aromatic carbocycles. The van der Waals surface area contributed by atoms with E-state index in [9.17, 15) is 14.3 Å². The maximum atomic E-state index is 13.0. The van der Waals surface area contributed by atoms with Crippen LogP contribution in [0.3, 0.4) is 0 Å². The van der Waals surface area contributed by atoms with Gasteiger partial charge in [-0.2, -0.15) is 0 Å². The van der Waals surface area contributed by atoms with Gasteiger partial charge in [0.25, 0.3) is 5.91 Å². The lowest BCUT2D eigenvalue weighted by molar-refractivity contribution is -0.116. The Morgan fingerprint density at radius 2 is 1.92 bits per heavy atom. The van der Waals surface area contributed by atoms with Gasteiger partial charge in [0.1, 0.15) is 11.6 Å². The first-order valence-corrected chi connectivity index (χ1v) is 8.56. The summed E-state index contributed by atoms with van der Waals surface area (Å²) in [4.78, 5) is 16.7. The molecule has 1 amide bonds. The Labute approximate surface area is 157 Å². The number of carbonyl (C=O) groups excluding carboxylic acids is 1. The summed E-state index contributed by atoms with van der Waals surface area (Å²) in [6.45, 7) is 3.99. The second kappa shape index (κ2) is 9.15. The van der Waals surface area contributed by atoms with Gasteiger partial charge >= 0.3 is 0 Å². The molecule has 2 N–H and O–H groups in total. The molecule has 0 aliphatic carbocycles. The number of rotatable bonds is 6. The fourth-order valence-corrected chi connectivity index (χ4v) is 2.52. The van der Waals surface area contributed by atoms with Gasteiger partial charge in [-0.15, -0.1) is 0 Å². The first-order chi connectivity index (χ1) is 12.4. The molecule has 0 spiro atoms. The molecule has 0 fully saturated rings. The number of nitrogens with one attached hydrogen (secondary N) is 1. The topological polar surface area (TPSA) is 61.7 Å². The summed E-state index contributed by atoms with van der Waals surface area (Å²) in [6, 6.07) is 12.3. The van der Waals surface area contributed by atoms with Gasteiger partial charge in [-0.05, 0) is 43.7 Å². The summed E-state index contributed by atoms with van der Waals surface area (Å²) < 4.78 is 13.0. The molecule has 0 aliphatic heterocycles. The standard InChI is InChI=1S/C20H20ClFN2O2/c1-3-23-20(26)17(19(25)16-6-4-5-7-18(16)21)12-24-13(2)14-8-10-15(22)11-9-14/h4-13,25H,3H2,1-2H3,(H,23,26). The van der Waals surface area contributed by atoms with Crippen molar-refractivity contribution in [3.05, 3.63) is 76.1 Å². The average molecular weight is 375 g/mol. The van der Waals surface area contributed by atoms with Crippen LogP contribution in [0.1, 0.15) is 31.0 Å². The highest BCUT2D eigenvalue weighted by molar-refractivity contribution is 6.32. The number of amides is 1. The number of aliphatic hydroxyl groups excluding tert-OH is 1. The molecule has 1 unspecified atom stereocenters. The van der Waals surface area contributed by atoms with E-state index >= 15 is 0 Å². The van der Waals surface area contributed by atoms with Gasteiger partial charge < -0.3 is 10.4 Å². The van der Waals surface area contributed by atoms with Crippen LogP contribution in [0, 0.1) is 5.82 Å². The fourth-order valence-electron chi connectivity index (χ4n) is 2.30. The van der Waals surface area contributed by atoms with E-state index < -0.39 is 5.91 Å². The van der Waals surface area contributed by atoms with Crippen molar-refractivity contribution in [3.8, 4) is 0 Å². The molecular weight excluding hydrogens is 355 g/mol. The van der Waals surface area contributed by atoms with E-state index in [1.165, 1.54) is 18.3 Å². The first-order valence-electron chi connectivity index (χ1n) is 8.19. The zero-order valence-corrected chi connectivity index (χ0v) is 15.3. The molecule has 2 aromatic rings. The summed E-state index contributed by atoms with van der Waals surface area (Å²) >= 11 is 6.11. The Morgan fingerprint density at radius 3 is 2.54 bits per heavy atom. The van der Waals surface area contributed by atoms with E-state index in [2.05, 4.69) is 10.3 Å². The molecule has 1 atom stereocenters. The number of hydrogen-bond acceptors (Lipinski definition) is 3. The monoisotopic (exact) mass is 374 g/mol. The number of halogens is 2. The highest BCUT2D eigenvalue weighted by Gasteiger charge is 2.16. The van der Waals surface area contributed by atoms with Crippen LogP contribution in [0.4, 0.5) is 4.39 Å². The van der Waals surface area contributed by atoms with Gasteiger partial charge in [0.05, 0.1) is 16.6 Å². The van der Waals surface area contributed by atoms with Crippen LogP contribution in [-0.4, -0.2) is 23.8 Å². The van der Waals surface area contributed by atoms with E-state index in [1.807, 2.05) is 6.92 Å². The van der Waals surface area contributed by atoms with Gasteiger partial charge in [-0.25, -0.2) is 4.39 Å². The van der Waals surface area contributed by atoms with Crippen LogP contribution >= 0.6 is 11.6 Å². The second-order valence-electron chi connectivity index (χ2n) is 5.61. The van der Waals surface area contributed by atoms with Crippen molar-refractivity contribution in [1.82, 2.24) is 5.32 Å². The number of hydrogen-bond donors (Lipinski definition) is 2. The normalized spacial score (nSPS) is 13.4. The average Bonchev–Trinajstić information content (AvgIpc) is 2.62. The molecule has 0 bridgehead atoms. The SMILES string of the molecule is CCNC(=O)C(C=NC(C)c1ccc(F)cc1)=C(O)c1ccccc1Cl. The van der Waals surface area contributed by atoms with Gasteiger partial charge in [-0.3, -0.25) is 9.79 Å². The van der Waals surface area contributed by atoms with Crippen molar-refractivity contribution in [2.45, 2.75) is 19.9 Å². The van der Waals surface area contributed by atoms with Crippen molar-refractivity contribution in [3.63, 3.8) is 0 Å². The van der Waals surface area contributed by atoms with Crippen LogP contribution in [-0.2, 0) is 4.79 Å². The van der Waals surface area contributed by atoms with Crippen LogP contribution in [0.15, 0.2) is 59.1 Å². The van der Waals surface area contributed by atoms with Gasteiger partial charge in [0.15, 0.2) is 0 Å². The van der Waals surface area contributed by atoms with Crippen molar-refractivity contribution in [1.29, 1.82) is 0 Å². The minimum absolute atomic E-state index is 0.00825. The zero-order valence-electron chi connectivity index (χ0n) is 14.5. The molecule has 0 saturated carbocycles. The van der Waals surface area contributed by atoms with Crippen LogP contribution in [0.25, 0.3) is 5.76 Å². The van der Waals surface area contributed by atoms with E-state index in [4.69, 9.17) is 11.6 Å². The number of aliphatic hydroxyl groups is 1. The summed E-state index contributed by atoms with van der Waals surface area (Å²) in [5.41, 5.74) is 1.14. The second-order valence-corrected chi connectivity index (χ2v) is 6.01. The summed E-state index contributed by atoms with van der Waals surface area (Å²) in [5, 5.41) is 13.5. The molecule has 0 aliphatic rings. The molecule has 26 heavy (non-hydrogen) atoms. The fraction of sp³-hybridized carbons (Fsp3) is 0.200. The van der Waals surface area contributed by atoms with E-state index in [-0.39, 0.29) is 23.2 Å². The first kappa shape index (κ1) is 19.7. The van der Waals surface area contributed by atoms with Crippen molar-refractivity contribution in [2.24, 2.45) is 4.99 Å². The predicted molar refractivity (Wildman–Crippen MR) is 103 cm³/mol. The Morgan fingerprint density at radius 1 is 1.27 bits per heavy atom. The largest absolute Gasteiger partial charge is 0.506 e. The summed E-state index contributed by atoms with van der Waals surface area (Å²) in [7, 11) is 0. The maximum absolute atomic E-state index is 13.0. The molecule has 6 heteroatoms. The summed E-state index contributed by atoms with van der Waals surface area (Å²) in [5.74, 6) is -1.04. The Balaban J connectivity index is 2.39.